The first kappa shape index (κ1) is 12.4. The molecule has 1 aromatic rings. The Bertz CT molecular complexity index is 351. The Kier molecular flexibility index (Phi) is 4.65. The summed E-state index contributed by atoms with van der Waals surface area (Å²) in [6.07, 6.45) is 3.94. The first-order chi connectivity index (χ1) is 7.75. The zero-order valence-corrected chi connectivity index (χ0v) is 11.5. The van der Waals surface area contributed by atoms with Crippen LogP contribution >= 0.6 is 27.5 Å². The summed E-state index contributed by atoms with van der Waals surface area (Å²) in [5.41, 5.74) is 4.58. The van der Waals surface area contributed by atoms with Crippen molar-refractivity contribution in [3.05, 3.63) is 33.3 Å². The van der Waals surface area contributed by atoms with E-state index < -0.39 is 0 Å². The van der Waals surface area contributed by atoms with E-state index in [4.69, 9.17) is 11.6 Å². The zero-order chi connectivity index (χ0) is 11.4. The average Bonchev–Trinajstić information content (AvgIpc) is 2.29. The van der Waals surface area contributed by atoms with Crippen LogP contribution in [0.3, 0.4) is 0 Å². The highest BCUT2D eigenvalue weighted by Gasteiger charge is 2.09. The summed E-state index contributed by atoms with van der Waals surface area (Å²) < 4.78 is 1.03. The van der Waals surface area contributed by atoms with Gasteiger partial charge in [-0.25, -0.2) is 5.01 Å². The Morgan fingerprint density at radius 1 is 1.25 bits per heavy atom. The molecule has 1 aliphatic heterocycles. The van der Waals surface area contributed by atoms with Crippen molar-refractivity contribution in [1.82, 2.24) is 10.4 Å². The minimum absolute atomic E-state index is 0.812. The van der Waals surface area contributed by atoms with Crippen LogP contribution in [0, 0.1) is 0 Å². The third kappa shape index (κ3) is 3.45. The molecule has 1 aliphatic rings. The fourth-order valence-corrected chi connectivity index (χ4v) is 2.65. The molecule has 2 rings (SSSR count). The third-order valence-electron chi connectivity index (χ3n) is 2.86. The lowest BCUT2D eigenvalue weighted by Gasteiger charge is -2.27. The summed E-state index contributed by atoms with van der Waals surface area (Å²) in [7, 11) is 0. The van der Waals surface area contributed by atoms with Crippen molar-refractivity contribution in [2.75, 3.05) is 13.1 Å². The molecule has 1 saturated heterocycles. The van der Waals surface area contributed by atoms with Gasteiger partial charge in [0.2, 0.25) is 0 Å². The lowest BCUT2D eigenvalue weighted by Crippen LogP contribution is -2.41. The molecule has 1 heterocycles. The van der Waals surface area contributed by atoms with Crippen molar-refractivity contribution in [2.24, 2.45) is 0 Å². The van der Waals surface area contributed by atoms with Gasteiger partial charge in [-0.1, -0.05) is 40.0 Å². The summed E-state index contributed by atoms with van der Waals surface area (Å²) in [5, 5.41) is 3.11. The van der Waals surface area contributed by atoms with E-state index in [0.29, 0.717) is 0 Å². The third-order valence-corrected chi connectivity index (χ3v) is 3.71. The number of benzene rings is 1. The van der Waals surface area contributed by atoms with Gasteiger partial charge in [0.15, 0.2) is 0 Å². The highest BCUT2D eigenvalue weighted by Crippen LogP contribution is 2.21. The Balaban J connectivity index is 1.88. The van der Waals surface area contributed by atoms with Crippen molar-refractivity contribution >= 4 is 27.5 Å². The van der Waals surface area contributed by atoms with Gasteiger partial charge >= 0.3 is 0 Å². The van der Waals surface area contributed by atoms with Gasteiger partial charge < -0.3 is 0 Å². The molecule has 1 aromatic carbocycles. The van der Waals surface area contributed by atoms with Crippen molar-refractivity contribution in [3.63, 3.8) is 0 Å². The lowest BCUT2D eigenvalue weighted by molar-refractivity contribution is 0.151. The predicted molar refractivity (Wildman–Crippen MR) is 71.4 cm³/mol. The minimum atomic E-state index is 0.812. The number of hydrazine groups is 1. The van der Waals surface area contributed by atoms with Crippen LogP contribution in [0.5, 0.6) is 0 Å². The fraction of sp³-hybridized carbons (Fsp3) is 0.500. The average molecular weight is 304 g/mol. The Labute approximate surface area is 110 Å². The molecule has 0 aromatic heterocycles. The molecule has 2 nitrogen and oxygen atoms in total. The molecule has 0 unspecified atom stereocenters. The van der Waals surface area contributed by atoms with Crippen LogP contribution in [-0.2, 0) is 6.54 Å². The first-order valence-corrected chi connectivity index (χ1v) is 6.85. The monoisotopic (exact) mass is 302 g/mol. The summed E-state index contributed by atoms with van der Waals surface area (Å²) in [6.45, 7) is 3.11. The smallest absolute Gasteiger partial charge is 0.0462 e. The SMILES string of the molecule is Clc1cc(Br)ccc1CNN1CCCCC1. The van der Waals surface area contributed by atoms with Crippen LogP contribution in [0.15, 0.2) is 22.7 Å². The molecule has 0 radical (unpaired) electrons. The van der Waals surface area contributed by atoms with E-state index in [2.05, 4.69) is 32.4 Å². The van der Waals surface area contributed by atoms with Crippen LogP contribution in [0.2, 0.25) is 5.02 Å². The van der Waals surface area contributed by atoms with E-state index in [9.17, 15) is 0 Å². The number of rotatable bonds is 3. The van der Waals surface area contributed by atoms with Gasteiger partial charge in [0.1, 0.15) is 0 Å². The summed E-state index contributed by atoms with van der Waals surface area (Å²) in [6, 6.07) is 6.03. The Hall–Kier alpha value is -0.0900. The quantitative estimate of drug-likeness (QED) is 0.918. The summed E-state index contributed by atoms with van der Waals surface area (Å²) in [5.74, 6) is 0. The topological polar surface area (TPSA) is 15.3 Å². The van der Waals surface area contributed by atoms with Gasteiger partial charge in [0, 0.05) is 29.1 Å². The van der Waals surface area contributed by atoms with E-state index in [1.54, 1.807) is 0 Å². The maximum absolute atomic E-state index is 6.16. The van der Waals surface area contributed by atoms with Gasteiger partial charge in [-0.05, 0) is 30.5 Å². The Morgan fingerprint density at radius 3 is 2.69 bits per heavy atom. The zero-order valence-electron chi connectivity index (χ0n) is 9.18. The summed E-state index contributed by atoms with van der Waals surface area (Å²) >= 11 is 9.57. The largest absolute Gasteiger partial charge is 0.251 e. The van der Waals surface area contributed by atoms with Gasteiger partial charge in [0.05, 0.1) is 0 Å². The maximum atomic E-state index is 6.16. The van der Waals surface area contributed by atoms with Gasteiger partial charge in [-0.2, -0.15) is 0 Å². The molecular weight excluding hydrogens is 288 g/mol. The van der Waals surface area contributed by atoms with Crippen LogP contribution < -0.4 is 5.43 Å². The number of halogens is 2. The Morgan fingerprint density at radius 2 is 2.00 bits per heavy atom. The first-order valence-electron chi connectivity index (χ1n) is 5.68. The normalized spacial score (nSPS) is 17.6. The molecule has 1 fully saturated rings. The van der Waals surface area contributed by atoms with Crippen LogP contribution in [0.1, 0.15) is 24.8 Å². The second-order valence-electron chi connectivity index (χ2n) is 4.12. The van der Waals surface area contributed by atoms with E-state index in [0.717, 1.165) is 34.7 Å². The number of piperidine rings is 1. The van der Waals surface area contributed by atoms with Crippen molar-refractivity contribution in [3.8, 4) is 0 Å². The molecule has 88 valence electrons. The van der Waals surface area contributed by atoms with Crippen molar-refractivity contribution < 1.29 is 0 Å². The number of nitrogens with one attached hydrogen (secondary N) is 1. The van der Waals surface area contributed by atoms with Gasteiger partial charge in [-0.3, -0.25) is 5.43 Å². The maximum Gasteiger partial charge on any atom is 0.0462 e. The highest BCUT2D eigenvalue weighted by molar-refractivity contribution is 9.10. The second-order valence-corrected chi connectivity index (χ2v) is 5.44. The molecule has 0 bridgehead atoms. The highest BCUT2D eigenvalue weighted by atomic mass is 79.9. The minimum Gasteiger partial charge on any atom is -0.251 e. The standard InChI is InChI=1S/C12H16BrClN2/c13-11-5-4-10(12(14)8-11)9-15-16-6-2-1-3-7-16/h4-5,8,15H,1-3,6-7,9H2. The van der Waals surface area contributed by atoms with Crippen LogP contribution in [0.25, 0.3) is 0 Å². The van der Waals surface area contributed by atoms with Gasteiger partial charge in [0.25, 0.3) is 0 Å². The molecule has 0 saturated carbocycles. The molecule has 0 spiro atoms. The molecule has 4 heteroatoms. The van der Waals surface area contributed by atoms with Crippen LogP contribution in [-0.4, -0.2) is 18.1 Å². The van der Waals surface area contributed by atoms with E-state index in [-0.39, 0.29) is 0 Å². The lowest BCUT2D eigenvalue weighted by atomic mass is 10.2. The van der Waals surface area contributed by atoms with E-state index in [1.165, 1.54) is 19.3 Å². The fourth-order valence-electron chi connectivity index (χ4n) is 1.91. The number of hydrogen-bond donors (Lipinski definition) is 1. The molecule has 16 heavy (non-hydrogen) atoms. The molecular formula is C12H16BrClN2. The molecule has 1 N–H and O–H groups in total. The van der Waals surface area contributed by atoms with E-state index >= 15 is 0 Å². The predicted octanol–water partition coefficient (Wildman–Crippen LogP) is 3.59. The van der Waals surface area contributed by atoms with E-state index in [1.807, 2.05) is 12.1 Å². The van der Waals surface area contributed by atoms with Crippen molar-refractivity contribution in [2.45, 2.75) is 25.8 Å². The van der Waals surface area contributed by atoms with Crippen molar-refractivity contribution in [1.29, 1.82) is 0 Å². The van der Waals surface area contributed by atoms with Gasteiger partial charge in [-0.15, -0.1) is 0 Å². The molecule has 0 atom stereocenters. The molecule has 0 aliphatic carbocycles. The number of nitrogens with zero attached hydrogens (tertiary/aromatic N) is 1. The molecule has 0 amide bonds. The number of hydrogen-bond acceptors (Lipinski definition) is 2. The van der Waals surface area contributed by atoms with Crippen LogP contribution in [0.4, 0.5) is 0 Å². The summed E-state index contributed by atoms with van der Waals surface area (Å²) in [4.78, 5) is 0. The second kappa shape index (κ2) is 6.01.